The maximum Gasteiger partial charge on any atom is 0.177 e. The standard InChI is InChI=1S/C10H9BrN2O/c11-6-1-4-9-8(5-6)10(13-14-9)12-7-2-3-7/h1,4-5,7H,2-3H2,(H,12,13). The number of fused-ring (bicyclic) bond motifs is 1. The van der Waals surface area contributed by atoms with Gasteiger partial charge in [0.2, 0.25) is 0 Å². The van der Waals surface area contributed by atoms with Crippen LogP contribution < -0.4 is 5.32 Å². The first-order chi connectivity index (χ1) is 6.83. The molecule has 1 aliphatic carbocycles. The Bertz CT molecular complexity index is 476. The minimum Gasteiger partial charge on any atom is -0.364 e. The molecular weight excluding hydrogens is 244 g/mol. The number of hydrogen-bond acceptors (Lipinski definition) is 3. The SMILES string of the molecule is Brc1ccc2onc(NC3CC3)c2c1. The highest BCUT2D eigenvalue weighted by molar-refractivity contribution is 9.10. The molecule has 1 aliphatic rings. The van der Waals surface area contributed by atoms with E-state index in [0.29, 0.717) is 6.04 Å². The van der Waals surface area contributed by atoms with Gasteiger partial charge in [-0.15, -0.1) is 0 Å². The van der Waals surface area contributed by atoms with E-state index in [1.807, 2.05) is 18.2 Å². The second-order valence-electron chi connectivity index (χ2n) is 3.59. The highest BCUT2D eigenvalue weighted by atomic mass is 79.9. The molecule has 72 valence electrons. The molecule has 0 spiro atoms. The molecule has 3 rings (SSSR count). The van der Waals surface area contributed by atoms with Crippen LogP contribution in [0, 0.1) is 0 Å². The van der Waals surface area contributed by atoms with Crippen molar-refractivity contribution < 1.29 is 4.52 Å². The van der Waals surface area contributed by atoms with Crippen molar-refractivity contribution in [2.24, 2.45) is 0 Å². The fourth-order valence-electron chi connectivity index (χ4n) is 1.44. The number of aromatic nitrogens is 1. The van der Waals surface area contributed by atoms with Crippen molar-refractivity contribution >= 4 is 32.7 Å². The van der Waals surface area contributed by atoms with Gasteiger partial charge in [0.25, 0.3) is 0 Å². The Hall–Kier alpha value is -1.03. The van der Waals surface area contributed by atoms with E-state index in [-0.39, 0.29) is 0 Å². The van der Waals surface area contributed by atoms with Gasteiger partial charge in [-0.2, -0.15) is 0 Å². The normalized spacial score (nSPS) is 16.1. The van der Waals surface area contributed by atoms with Crippen LogP contribution in [0.5, 0.6) is 0 Å². The van der Waals surface area contributed by atoms with Gasteiger partial charge in [0, 0.05) is 10.5 Å². The summed E-state index contributed by atoms with van der Waals surface area (Å²) in [5.74, 6) is 0.865. The van der Waals surface area contributed by atoms with E-state index >= 15 is 0 Å². The molecular formula is C10H9BrN2O. The van der Waals surface area contributed by atoms with Crippen LogP contribution in [-0.2, 0) is 0 Å². The third-order valence-electron chi connectivity index (χ3n) is 2.35. The van der Waals surface area contributed by atoms with Gasteiger partial charge in [0.05, 0.1) is 5.39 Å². The van der Waals surface area contributed by atoms with Crippen LogP contribution in [0.3, 0.4) is 0 Å². The van der Waals surface area contributed by atoms with Crippen molar-refractivity contribution in [3.63, 3.8) is 0 Å². The van der Waals surface area contributed by atoms with E-state index < -0.39 is 0 Å². The third kappa shape index (κ3) is 1.39. The lowest BCUT2D eigenvalue weighted by molar-refractivity contribution is 0.459. The van der Waals surface area contributed by atoms with Crippen LogP contribution in [-0.4, -0.2) is 11.2 Å². The fourth-order valence-corrected chi connectivity index (χ4v) is 1.80. The van der Waals surface area contributed by atoms with Crippen LogP contribution in [0.2, 0.25) is 0 Å². The number of halogens is 1. The summed E-state index contributed by atoms with van der Waals surface area (Å²) in [7, 11) is 0. The Kier molecular flexibility index (Phi) is 1.77. The molecule has 0 amide bonds. The summed E-state index contributed by atoms with van der Waals surface area (Å²) < 4.78 is 6.25. The molecule has 1 aromatic carbocycles. The molecule has 0 bridgehead atoms. The summed E-state index contributed by atoms with van der Waals surface area (Å²) in [6, 6.07) is 6.50. The molecule has 4 heteroatoms. The second-order valence-corrected chi connectivity index (χ2v) is 4.51. The average Bonchev–Trinajstić information content (AvgIpc) is 2.90. The van der Waals surface area contributed by atoms with Gasteiger partial charge in [-0.05, 0) is 31.0 Å². The maximum absolute atomic E-state index is 5.20. The van der Waals surface area contributed by atoms with Crippen molar-refractivity contribution in [1.29, 1.82) is 0 Å². The molecule has 0 atom stereocenters. The first-order valence-corrected chi connectivity index (χ1v) is 5.44. The number of hydrogen-bond donors (Lipinski definition) is 1. The molecule has 1 aromatic heterocycles. The molecule has 1 saturated carbocycles. The summed E-state index contributed by atoms with van der Waals surface area (Å²) >= 11 is 3.44. The Balaban J connectivity index is 2.08. The maximum atomic E-state index is 5.20. The quantitative estimate of drug-likeness (QED) is 0.893. The van der Waals surface area contributed by atoms with Gasteiger partial charge in [-0.3, -0.25) is 0 Å². The number of nitrogens with zero attached hydrogens (tertiary/aromatic N) is 1. The fraction of sp³-hybridized carbons (Fsp3) is 0.300. The molecule has 0 aliphatic heterocycles. The summed E-state index contributed by atoms with van der Waals surface area (Å²) in [5.41, 5.74) is 0.830. The Morgan fingerprint density at radius 1 is 1.43 bits per heavy atom. The molecule has 0 radical (unpaired) electrons. The molecule has 0 saturated heterocycles. The summed E-state index contributed by atoms with van der Waals surface area (Å²) in [4.78, 5) is 0. The Morgan fingerprint density at radius 3 is 3.07 bits per heavy atom. The van der Waals surface area contributed by atoms with Crippen LogP contribution >= 0.6 is 15.9 Å². The smallest absolute Gasteiger partial charge is 0.177 e. The predicted molar refractivity (Wildman–Crippen MR) is 58.4 cm³/mol. The van der Waals surface area contributed by atoms with Gasteiger partial charge >= 0.3 is 0 Å². The van der Waals surface area contributed by atoms with Crippen molar-refractivity contribution in [3.8, 4) is 0 Å². The number of anilines is 1. The Labute approximate surface area is 89.6 Å². The zero-order chi connectivity index (χ0) is 9.54. The van der Waals surface area contributed by atoms with Crippen molar-refractivity contribution in [2.75, 3.05) is 5.32 Å². The van der Waals surface area contributed by atoms with E-state index in [0.717, 1.165) is 21.3 Å². The lowest BCUT2D eigenvalue weighted by Crippen LogP contribution is -2.00. The number of benzene rings is 1. The van der Waals surface area contributed by atoms with E-state index in [1.54, 1.807) is 0 Å². The number of nitrogens with one attached hydrogen (secondary N) is 1. The van der Waals surface area contributed by atoms with E-state index in [2.05, 4.69) is 26.4 Å². The topological polar surface area (TPSA) is 38.1 Å². The Morgan fingerprint density at radius 2 is 2.29 bits per heavy atom. The van der Waals surface area contributed by atoms with E-state index in [1.165, 1.54) is 12.8 Å². The average molecular weight is 253 g/mol. The van der Waals surface area contributed by atoms with Crippen LogP contribution in [0.15, 0.2) is 27.2 Å². The van der Waals surface area contributed by atoms with Gasteiger partial charge < -0.3 is 9.84 Å². The van der Waals surface area contributed by atoms with Gasteiger partial charge in [-0.25, -0.2) is 0 Å². The molecule has 14 heavy (non-hydrogen) atoms. The van der Waals surface area contributed by atoms with Crippen LogP contribution in [0.1, 0.15) is 12.8 Å². The molecule has 3 nitrogen and oxygen atoms in total. The lowest BCUT2D eigenvalue weighted by Gasteiger charge is -1.97. The van der Waals surface area contributed by atoms with E-state index in [9.17, 15) is 0 Å². The minimum absolute atomic E-state index is 0.599. The molecule has 2 aromatic rings. The largest absolute Gasteiger partial charge is 0.364 e. The van der Waals surface area contributed by atoms with Crippen LogP contribution in [0.4, 0.5) is 5.82 Å². The summed E-state index contributed by atoms with van der Waals surface area (Å²) in [6.45, 7) is 0. The van der Waals surface area contributed by atoms with Crippen molar-refractivity contribution in [3.05, 3.63) is 22.7 Å². The summed E-state index contributed by atoms with van der Waals surface area (Å²) in [5, 5.41) is 8.40. The van der Waals surface area contributed by atoms with Crippen LogP contribution in [0.25, 0.3) is 11.0 Å². The molecule has 0 unspecified atom stereocenters. The van der Waals surface area contributed by atoms with Gasteiger partial charge in [0.1, 0.15) is 0 Å². The molecule has 1 heterocycles. The minimum atomic E-state index is 0.599. The highest BCUT2D eigenvalue weighted by Crippen LogP contribution is 2.30. The molecule has 1 N–H and O–H groups in total. The van der Waals surface area contributed by atoms with Gasteiger partial charge in [-0.1, -0.05) is 21.1 Å². The zero-order valence-electron chi connectivity index (χ0n) is 7.46. The van der Waals surface area contributed by atoms with E-state index in [4.69, 9.17) is 4.52 Å². The third-order valence-corrected chi connectivity index (χ3v) is 2.84. The predicted octanol–water partition coefficient (Wildman–Crippen LogP) is 3.16. The second kappa shape index (κ2) is 2.98. The first kappa shape index (κ1) is 8.29. The monoisotopic (exact) mass is 252 g/mol. The van der Waals surface area contributed by atoms with Crippen molar-refractivity contribution in [2.45, 2.75) is 18.9 Å². The lowest BCUT2D eigenvalue weighted by atomic mass is 10.2. The number of rotatable bonds is 2. The highest BCUT2D eigenvalue weighted by Gasteiger charge is 2.23. The zero-order valence-corrected chi connectivity index (χ0v) is 9.04. The first-order valence-electron chi connectivity index (χ1n) is 4.64. The summed E-state index contributed by atoms with van der Waals surface area (Å²) in [6.07, 6.45) is 2.48. The van der Waals surface area contributed by atoms with Crippen molar-refractivity contribution in [1.82, 2.24) is 5.16 Å². The van der Waals surface area contributed by atoms with Gasteiger partial charge in [0.15, 0.2) is 11.4 Å². The molecule has 1 fully saturated rings.